The molecule has 0 radical (unpaired) electrons. The first-order valence-electron chi connectivity index (χ1n) is 8.53. The summed E-state index contributed by atoms with van der Waals surface area (Å²) in [6.07, 6.45) is 7.57. The summed E-state index contributed by atoms with van der Waals surface area (Å²) in [7, 11) is 0. The first kappa shape index (κ1) is 17.6. The Morgan fingerprint density at radius 1 is 1.35 bits per heavy atom. The lowest BCUT2D eigenvalue weighted by molar-refractivity contribution is -0.144. The number of fused-ring (bicyclic) bond motifs is 1. The van der Waals surface area contributed by atoms with Crippen molar-refractivity contribution < 1.29 is 19.1 Å². The van der Waals surface area contributed by atoms with Crippen molar-refractivity contribution >= 4 is 11.9 Å². The fourth-order valence-electron chi connectivity index (χ4n) is 2.79. The molecule has 0 aromatic rings. The molecule has 0 aromatic carbocycles. The maximum absolute atomic E-state index is 12.3. The van der Waals surface area contributed by atoms with Gasteiger partial charge in [-0.2, -0.15) is 0 Å². The molecule has 2 aliphatic heterocycles. The summed E-state index contributed by atoms with van der Waals surface area (Å²) in [5.74, 6) is -0.457. The van der Waals surface area contributed by atoms with Gasteiger partial charge in [0.2, 0.25) is 0 Å². The van der Waals surface area contributed by atoms with Crippen molar-refractivity contribution in [3.8, 4) is 0 Å². The van der Waals surface area contributed by atoms with E-state index in [1.807, 2.05) is 26.8 Å². The zero-order chi connectivity index (χ0) is 16.8. The van der Waals surface area contributed by atoms with Crippen LogP contribution in [0.5, 0.6) is 0 Å². The summed E-state index contributed by atoms with van der Waals surface area (Å²) < 4.78 is 10.6. The molecule has 1 atom stereocenters. The topological polar surface area (TPSA) is 55.8 Å². The van der Waals surface area contributed by atoms with Crippen LogP contribution in [0.4, 0.5) is 0 Å². The van der Waals surface area contributed by atoms with Crippen molar-refractivity contribution in [3.05, 3.63) is 23.4 Å². The van der Waals surface area contributed by atoms with Crippen LogP contribution in [0.3, 0.4) is 0 Å². The molecular formula is C18H27NO4. The van der Waals surface area contributed by atoms with E-state index in [2.05, 4.69) is 4.90 Å². The Labute approximate surface area is 138 Å². The van der Waals surface area contributed by atoms with Gasteiger partial charge in [-0.15, -0.1) is 0 Å². The maximum atomic E-state index is 12.3. The summed E-state index contributed by atoms with van der Waals surface area (Å²) in [6.45, 7) is 7.16. The van der Waals surface area contributed by atoms with Gasteiger partial charge < -0.3 is 14.4 Å². The monoisotopic (exact) mass is 321 g/mol. The Morgan fingerprint density at radius 3 is 2.74 bits per heavy atom. The molecule has 0 aliphatic carbocycles. The Balaban J connectivity index is 1.88. The van der Waals surface area contributed by atoms with Crippen LogP contribution in [0.2, 0.25) is 0 Å². The molecule has 2 aliphatic rings. The first-order valence-corrected chi connectivity index (χ1v) is 8.53. The van der Waals surface area contributed by atoms with Crippen LogP contribution >= 0.6 is 0 Å². The Morgan fingerprint density at radius 2 is 2.13 bits per heavy atom. The van der Waals surface area contributed by atoms with Crippen molar-refractivity contribution in [1.82, 2.24) is 4.90 Å². The van der Waals surface area contributed by atoms with E-state index in [1.165, 1.54) is 0 Å². The predicted molar refractivity (Wildman–Crippen MR) is 87.6 cm³/mol. The molecule has 1 unspecified atom stereocenters. The molecule has 5 nitrogen and oxygen atoms in total. The highest BCUT2D eigenvalue weighted by molar-refractivity contribution is 5.91. The SMILES string of the molecule is CCC=C(COC(=O)C1=CCCC2CCN12)C(=O)OCC(C)C. The number of carbonyl (C=O) groups excluding carboxylic acids is 2. The molecule has 0 spiro atoms. The third kappa shape index (κ3) is 4.60. The lowest BCUT2D eigenvalue weighted by atomic mass is 9.92. The zero-order valence-electron chi connectivity index (χ0n) is 14.3. The molecule has 1 saturated heterocycles. The van der Waals surface area contributed by atoms with Crippen LogP contribution in [-0.2, 0) is 19.1 Å². The molecule has 23 heavy (non-hydrogen) atoms. The van der Waals surface area contributed by atoms with Gasteiger partial charge in [0.25, 0.3) is 0 Å². The van der Waals surface area contributed by atoms with Gasteiger partial charge in [-0.05, 0) is 31.6 Å². The van der Waals surface area contributed by atoms with Crippen LogP contribution in [0.25, 0.3) is 0 Å². The fourth-order valence-corrected chi connectivity index (χ4v) is 2.79. The van der Waals surface area contributed by atoms with Crippen molar-refractivity contribution in [1.29, 1.82) is 0 Å². The van der Waals surface area contributed by atoms with E-state index in [9.17, 15) is 9.59 Å². The minimum absolute atomic E-state index is 0.0283. The molecule has 0 saturated carbocycles. The minimum atomic E-state index is -0.396. The number of hydrogen-bond acceptors (Lipinski definition) is 5. The van der Waals surface area contributed by atoms with E-state index < -0.39 is 5.97 Å². The summed E-state index contributed by atoms with van der Waals surface area (Å²) in [6, 6.07) is 0.490. The molecule has 128 valence electrons. The van der Waals surface area contributed by atoms with Gasteiger partial charge in [-0.1, -0.05) is 32.9 Å². The number of hydrogen-bond donors (Lipinski definition) is 0. The molecule has 1 fully saturated rings. The van der Waals surface area contributed by atoms with Gasteiger partial charge in [0.15, 0.2) is 0 Å². The van der Waals surface area contributed by atoms with Crippen molar-refractivity contribution in [2.75, 3.05) is 19.8 Å². The molecular weight excluding hydrogens is 294 g/mol. The standard InChI is InChI=1S/C18H27NO4/c1-4-6-14(17(20)22-11-13(2)3)12-23-18(21)16-8-5-7-15-9-10-19(15)16/h6,8,13,15H,4-5,7,9-12H2,1-3H3. The zero-order valence-corrected chi connectivity index (χ0v) is 14.3. The van der Waals surface area contributed by atoms with Crippen LogP contribution in [-0.4, -0.2) is 42.6 Å². The Bertz CT molecular complexity index is 507. The fraction of sp³-hybridized carbons (Fsp3) is 0.667. The van der Waals surface area contributed by atoms with Gasteiger partial charge in [-0.3, -0.25) is 0 Å². The first-order chi connectivity index (χ1) is 11.0. The van der Waals surface area contributed by atoms with Crippen molar-refractivity contribution in [2.24, 2.45) is 5.92 Å². The number of carbonyl (C=O) groups is 2. The molecule has 5 heteroatoms. The van der Waals surface area contributed by atoms with E-state index in [0.717, 1.165) is 25.8 Å². The quantitative estimate of drug-likeness (QED) is 0.533. The van der Waals surface area contributed by atoms with E-state index in [1.54, 1.807) is 6.08 Å². The Hall–Kier alpha value is -1.78. The summed E-state index contributed by atoms with van der Waals surface area (Å²) in [4.78, 5) is 26.4. The van der Waals surface area contributed by atoms with Crippen LogP contribution in [0.15, 0.2) is 23.4 Å². The summed E-state index contributed by atoms with van der Waals surface area (Å²) in [5, 5.41) is 0. The molecule has 0 bridgehead atoms. The van der Waals surface area contributed by atoms with Gasteiger partial charge in [0.05, 0.1) is 12.2 Å². The van der Waals surface area contributed by atoms with Crippen LogP contribution in [0, 0.1) is 5.92 Å². The van der Waals surface area contributed by atoms with E-state index in [-0.39, 0.29) is 18.5 Å². The second kappa shape index (κ2) is 8.18. The van der Waals surface area contributed by atoms with Crippen LogP contribution in [0.1, 0.15) is 46.5 Å². The highest BCUT2D eigenvalue weighted by atomic mass is 16.5. The highest BCUT2D eigenvalue weighted by Gasteiger charge is 2.35. The number of allylic oxidation sites excluding steroid dienone is 2. The summed E-state index contributed by atoms with van der Waals surface area (Å²) in [5.41, 5.74) is 1.07. The van der Waals surface area contributed by atoms with Gasteiger partial charge in [-0.25, -0.2) is 9.59 Å². The largest absolute Gasteiger partial charge is 0.462 e. The van der Waals surface area contributed by atoms with Crippen molar-refractivity contribution in [2.45, 2.75) is 52.5 Å². The third-order valence-corrected chi connectivity index (χ3v) is 4.12. The number of esters is 2. The minimum Gasteiger partial charge on any atom is -0.462 e. The van der Waals surface area contributed by atoms with Crippen molar-refractivity contribution in [3.63, 3.8) is 0 Å². The van der Waals surface area contributed by atoms with Gasteiger partial charge in [0.1, 0.15) is 12.3 Å². The molecule has 0 N–H and O–H groups in total. The maximum Gasteiger partial charge on any atom is 0.354 e. The second-order valence-electron chi connectivity index (χ2n) is 6.51. The smallest absolute Gasteiger partial charge is 0.354 e. The summed E-state index contributed by atoms with van der Waals surface area (Å²) >= 11 is 0. The molecule has 0 amide bonds. The third-order valence-electron chi connectivity index (χ3n) is 4.12. The number of nitrogens with zero attached hydrogens (tertiary/aromatic N) is 1. The normalized spacial score (nSPS) is 20.5. The second-order valence-corrected chi connectivity index (χ2v) is 6.51. The highest BCUT2D eigenvalue weighted by Crippen LogP contribution is 2.31. The lowest BCUT2D eigenvalue weighted by Crippen LogP contribution is -2.50. The van der Waals surface area contributed by atoms with Crippen LogP contribution < -0.4 is 0 Å². The number of rotatable bonds is 7. The number of ether oxygens (including phenoxy) is 2. The molecule has 0 aromatic heterocycles. The molecule has 2 rings (SSSR count). The van der Waals surface area contributed by atoms with E-state index in [4.69, 9.17) is 9.47 Å². The van der Waals surface area contributed by atoms with Gasteiger partial charge in [0, 0.05) is 12.6 Å². The van der Waals surface area contributed by atoms with E-state index >= 15 is 0 Å². The average Bonchev–Trinajstić information content (AvgIpc) is 2.49. The average molecular weight is 321 g/mol. The van der Waals surface area contributed by atoms with Gasteiger partial charge >= 0.3 is 11.9 Å². The lowest BCUT2D eigenvalue weighted by Gasteiger charge is -2.45. The molecule has 2 heterocycles. The van der Waals surface area contributed by atoms with E-state index in [0.29, 0.717) is 30.3 Å². The predicted octanol–water partition coefficient (Wildman–Crippen LogP) is 2.82. The Kier molecular flexibility index (Phi) is 6.25.